The van der Waals surface area contributed by atoms with Gasteiger partial charge in [0, 0.05) is 0 Å². The predicted octanol–water partition coefficient (Wildman–Crippen LogP) is 7.09. The first-order chi connectivity index (χ1) is 15.0. The molecule has 0 bridgehead atoms. The van der Waals surface area contributed by atoms with E-state index in [1.165, 1.54) is 32.1 Å². The molecule has 10 atom stereocenters. The summed E-state index contributed by atoms with van der Waals surface area (Å²) in [5.74, 6) is 2.28. The van der Waals surface area contributed by atoms with Gasteiger partial charge in [-0.3, -0.25) is 4.79 Å². The first-order valence-corrected chi connectivity index (χ1v) is 13.5. The zero-order chi connectivity index (χ0) is 23.5. The van der Waals surface area contributed by atoms with Gasteiger partial charge >= 0.3 is 5.97 Å². The first kappa shape index (κ1) is 24.3. The van der Waals surface area contributed by atoms with Crippen LogP contribution < -0.4 is 0 Å². The number of fused-ring (bicyclic) bond motifs is 7. The molecule has 0 heterocycles. The molecule has 0 spiro atoms. The molecule has 5 aliphatic rings. The lowest BCUT2D eigenvalue weighted by molar-refractivity contribution is -0.234. The summed E-state index contributed by atoms with van der Waals surface area (Å²) in [7, 11) is 0. The Morgan fingerprint density at radius 3 is 2.22 bits per heavy atom. The van der Waals surface area contributed by atoms with Gasteiger partial charge in [-0.15, -0.1) is 6.58 Å². The summed E-state index contributed by atoms with van der Waals surface area (Å²) in [6.45, 7) is 15.3. The van der Waals surface area contributed by atoms with Gasteiger partial charge in [-0.05, 0) is 117 Å². The molecule has 2 N–H and O–H groups in total. The lowest BCUT2D eigenvalue weighted by atomic mass is 9.33. The van der Waals surface area contributed by atoms with Gasteiger partial charge in [0.05, 0.1) is 11.5 Å². The van der Waals surface area contributed by atoms with Gasteiger partial charge < -0.3 is 10.2 Å². The van der Waals surface area contributed by atoms with Crippen molar-refractivity contribution in [2.24, 2.45) is 51.2 Å². The van der Waals surface area contributed by atoms with Crippen LogP contribution in [0.1, 0.15) is 105 Å². The summed E-state index contributed by atoms with van der Waals surface area (Å²) >= 11 is 0. The number of hydrogen-bond acceptors (Lipinski definition) is 2. The molecule has 0 amide bonds. The highest BCUT2D eigenvalue weighted by Crippen LogP contribution is 2.75. The minimum absolute atomic E-state index is 0.117. The molecule has 3 heteroatoms. The Balaban J connectivity index is 0.000000775. The lowest BCUT2D eigenvalue weighted by Crippen LogP contribution is -2.65. The maximum absolute atomic E-state index is 12.4. The van der Waals surface area contributed by atoms with Gasteiger partial charge in [0.25, 0.3) is 0 Å². The van der Waals surface area contributed by atoms with E-state index in [2.05, 4.69) is 34.3 Å². The van der Waals surface area contributed by atoms with Crippen molar-refractivity contribution in [3.8, 4) is 0 Å². The van der Waals surface area contributed by atoms with Crippen molar-refractivity contribution >= 4 is 5.97 Å². The topological polar surface area (TPSA) is 57.5 Å². The van der Waals surface area contributed by atoms with Crippen LogP contribution in [0.15, 0.2) is 12.7 Å². The van der Waals surface area contributed by atoms with Crippen LogP contribution in [0.2, 0.25) is 0 Å². The molecular weight excluding hydrogens is 396 g/mol. The van der Waals surface area contributed by atoms with Crippen LogP contribution in [-0.2, 0) is 4.79 Å². The molecule has 5 fully saturated rings. The van der Waals surface area contributed by atoms with Crippen molar-refractivity contribution in [1.29, 1.82) is 0 Å². The second-order valence-electron chi connectivity index (χ2n) is 13.1. The highest BCUT2D eigenvalue weighted by molar-refractivity contribution is 5.76. The van der Waals surface area contributed by atoms with Crippen molar-refractivity contribution in [1.82, 2.24) is 0 Å². The minimum Gasteiger partial charge on any atom is -0.481 e. The Bertz CT molecular complexity index is 747. The van der Waals surface area contributed by atoms with Crippen LogP contribution in [-0.4, -0.2) is 22.3 Å². The van der Waals surface area contributed by atoms with Gasteiger partial charge in [-0.25, -0.2) is 0 Å². The normalized spacial score (nSPS) is 54.1. The average Bonchev–Trinajstić information content (AvgIpc) is 3.18. The number of hydrogen-bond donors (Lipinski definition) is 2. The van der Waals surface area contributed by atoms with Crippen molar-refractivity contribution in [3.05, 3.63) is 12.7 Å². The van der Waals surface area contributed by atoms with Crippen LogP contribution in [0.3, 0.4) is 0 Å². The van der Waals surface area contributed by atoms with E-state index in [1.807, 2.05) is 6.92 Å². The smallest absolute Gasteiger partial charge is 0.309 e. The van der Waals surface area contributed by atoms with E-state index < -0.39 is 11.4 Å². The van der Waals surface area contributed by atoms with Crippen LogP contribution in [0.4, 0.5) is 0 Å². The third-order valence-electron chi connectivity index (χ3n) is 12.3. The van der Waals surface area contributed by atoms with Gasteiger partial charge in [0.1, 0.15) is 0 Å². The Morgan fingerprint density at radius 2 is 1.56 bits per heavy atom. The summed E-state index contributed by atoms with van der Waals surface area (Å²) in [6, 6.07) is 0. The molecule has 32 heavy (non-hydrogen) atoms. The van der Waals surface area contributed by atoms with E-state index in [-0.39, 0.29) is 11.5 Å². The molecule has 5 aliphatic carbocycles. The summed E-state index contributed by atoms with van der Waals surface area (Å²) in [4.78, 5) is 12.4. The van der Waals surface area contributed by atoms with Crippen LogP contribution in [0.5, 0.6) is 0 Å². The molecule has 3 nitrogen and oxygen atoms in total. The largest absolute Gasteiger partial charge is 0.481 e. The van der Waals surface area contributed by atoms with Gasteiger partial charge in [0.2, 0.25) is 0 Å². The quantitative estimate of drug-likeness (QED) is 0.424. The van der Waals surface area contributed by atoms with Gasteiger partial charge in [-0.1, -0.05) is 40.2 Å². The number of carbonyl (C=O) groups is 1. The van der Waals surface area contributed by atoms with E-state index in [4.69, 9.17) is 0 Å². The Morgan fingerprint density at radius 1 is 0.875 bits per heavy atom. The number of carboxylic acid groups (broad SMARTS) is 1. The predicted molar refractivity (Wildman–Crippen MR) is 130 cm³/mol. The third-order valence-corrected chi connectivity index (χ3v) is 12.3. The monoisotopic (exact) mass is 444 g/mol. The molecule has 0 aliphatic heterocycles. The molecule has 0 aromatic heterocycles. The van der Waals surface area contributed by atoms with E-state index in [0.717, 1.165) is 44.4 Å². The number of rotatable bonds is 1. The fraction of sp³-hybridized carbons (Fsp3) is 0.897. The molecule has 8 unspecified atom stereocenters. The zero-order valence-corrected chi connectivity index (χ0v) is 21.3. The summed E-state index contributed by atoms with van der Waals surface area (Å²) < 4.78 is 0. The summed E-state index contributed by atoms with van der Waals surface area (Å²) in [6.07, 6.45) is 14.0. The molecule has 5 rings (SSSR count). The number of allylic oxidation sites excluding steroid dienone is 1. The maximum Gasteiger partial charge on any atom is 0.309 e. The van der Waals surface area contributed by atoms with Crippen LogP contribution in [0.25, 0.3) is 0 Å². The van der Waals surface area contributed by atoms with Crippen molar-refractivity contribution < 1.29 is 15.0 Å². The number of aliphatic hydroxyl groups excluding tert-OH is 1. The highest BCUT2D eigenvalue weighted by Gasteiger charge is 2.69. The molecule has 0 saturated heterocycles. The second kappa shape index (κ2) is 8.14. The van der Waals surface area contributed by atoms with E-state index >= 15 is 0 Å². The van der Waals surface area contributed by atoms with Crippen LogP contribution >= 0.6 is 0 Å². The number of aliphatic hydroxyl groups is 1. The number of carboxylic acids is 1. The Hall–Kier alpha value is -0.830. The molecule has 5 saturated carbocycles. The minimum atomic E-state index is -0.500. The highest BCUT2D eigenvalue weighted by atomic mass is 16.4. The number of aliphatic carboxylic acids is 1. The van der Waals surface area contributed by atoms with Crippen molar-refractivity contribution in [2.45, 2.75) is 111 Å². The Kier molecular flexibility index (Phi) is 6.18. The van der Waals surface area contributed by atoms with Gasteiger partial charge in [-0.2, -0.15) is 0 Å². The van der Waals surface area contributed by atoms with Gasteiger partial charge in [0.15, 0.2) is 0 Å². The van der Waals surface area contributed by atoms with E-state index in [0.29, 0.717) is 34.5 Å². The molecule has 0 aromatic rings. The van der Waals surface area contributed by atoms with E-state index in [9.17, 15) is 15.0 Å². The third kappa shape index (κ3) is 3.05. The molecule has 182 valence electrons. The first-order valence-electron chi connectivity index (χ1n) is 13.5. The lowest BCUT2D eigenvalue weighted by Gasteiger charge is -2.71. The molecule has 0 radical (unpaired) electrons. The maximum atomic E-state index is 12.4. The van der Waals surface area contributed by atoms with Crippen LogP contribution in [0, 0.1) is 51.2 Å². The molecule has 0 aromatic carbocycles. The summed E-state index contributed by atoms with van der Waals surface area (Å²) in [5.41, 5.74) is 0.516. The summed E-state index contributed by atoms with van der Waals surface area (Å²) in [5, 5.41) is 20.8. The van der Waals surface area contributed by atoms with Crippen molar-refractivity contribution in [3.63, 3.8) is 0 Å². The zero-order valence-electron chi connectivity index (χ0n) is 21.3. The van der Waals surface area contributed by atoms with Crippen molar-refractivity contribution in [2.75, 3.05) is 0 Å². The fourth-order valence-corrected chi connectivity index (χ4v) is 10.5. The Labute approximate surface area is 196 Å². The SMILES string of the molecule is C=CC.CC1C(O)CCC2(C)C1CCC1(C)C2CCC2C3CCC[C@]3(C(=O)O)CC[C@]21C. The fourth-order valence-electron chi connectivity index (χ4n) is 10.5. The standard InChI is InChI=1S/C26H42O3.C3H6/c1-16-17-9-13-25(4)21(23(17,2)12-10-20(16)27)8-7-18-19-6-5-11-26(19,22(28)29)15-14-24(18,25)3;1-3-2/h16-21,27H,5-15H2,1-4H3,(H,28,29);3H,1H2,2H3/t16?,17?,18?,19?,20?,21?,23?,24-,25?,26+;/m1./s1. The molecular formula is C29H48O3. The second-order valence-corrected chi connectivity index (χ2v) is 13.1. The average molecular weight is 445 g/mol. The van der Waals surface area contributed by atoms with E-state index in [1.54, 1.807) is 6.08 Å².